The molecule has 45 heavy (non-hydrogen) atoms. The lowest BCUT2D eigenvalue weighted by molar-refractivity contribution is -0.274. The molecule has 0 spiro atoms. The van der Waals surface area contributed by atoms with E-state index in [-0.39, 0.29) is 17.5 Å². The Kier molecular flexibility index (Phi) is 11.2. The summed E-state index contributed by atoms with van der Waals surface area (Å²) in [6.07, 6.45) is -0.933. The van der Waals surface area contributed by atoms with E-state index in [0.29, 0.717) is 35.0 Å². The van der Waals surface area contributed by atoms with E-state index in [1.54, 1.807) is 24.3 Å². The number of aliphatic imine (C=N–C) groups is 1. The van der Waals surface area contributed by atoms with Crippen molar-refractivity contribution in [3.8, 4) is 11.4 Å². The zero-order chi connectivity index (χ0) is 32.4. The van der Waals surface area contributed by atoms with Crippen molar-refractivity contribution in [1.82, 2.24) is 14.8 Å². The second kappa shape index (κ2) is 15.2. The number of urea groups is 1. The maximum Gasteiger partial charge on any atom is 0.573 e. The summed E-state index contributed by atoms with van der Waals surface area (Å²) in [5.41, 5.74) is 4.46. The molecule has 0 aliphatic rings. The maximum atomic E-state index is 12.9. The van der Waals surface area contributed by atoms with Gasteiger partial charge in [-0.25, -0.2) is 14.5 Å². The van der Waals surface area contributed by atoms with E-state index in [1.165, 1.54) is 51.9 Å². The highest BCUT2D eigenvalue weighted by atomic mass is 32.2. The molecule has 0 fully saturated rings. The number of thioether (sulfide) groups is 1. The van der Waals surface area contributed by atoms with Crippen LogP contribution in [0.1, 0.15) is 37.2 Å². The molecule has 1 heterocycles. The molecule has 0 atom stereocenters. The van der Waals surface area contributed by atoms with Gasteiger partial charge in [0.2, 0.25) is 6.41 Å². The number of carbonyl (C=O) groups is 2. The number of halogens is 3. The lowest BCUT2D eigenvalue weighted by atomic mass is 10.0. The van der Waals surface area contributed by atoms with Gasteiger partial charge in [-0.1, -0.05) is 44.2 Å². The van der Waals surface area contributed by atoms with Crippen molar-refractivity contribution in [3.05, 3.63) is 90.0 Å². The zero-order valence-electron chi connectivity index (χ0n) is 24.8. The average molecular weight is 640 g/mol. The summed E-state index contributed by atoms with van der Waals surface area (Å²) >= 11 is 1.30. The van der Waals surface area contributed by atoms with Gasteiger partial charge in [0.15, 0.2) is 11.0 Å². The molecule has 4 aromatic rings. The lowest BCUT2D eigenvalue weighted by Crippen LogP contribution is -2.30. The van der Waals surface area contributed by atoms with E-state index in [2.05, 4.69) is 37.4 Å². The van der Waals surface area contributed by atoms with Gasteiger partial charge in [-0.15, -0.1) is 18.3 Å². The van der Waals surface area contributed by atoms with Crippen LogP contribution in [0.4, 0.5) is 35.0 Å². The number of aryl methyl sites for hydroxylation is 2. The molecule has 2 N–H and O–H groups in total. The molecule has 0 aliphatic heterocycles. The van der Waals surface area contributed by atoms with Crippen molar-refractivity contribution in [3.63, 3.8) is 0 Å². The van der Waals surface area contributed by atoms with Crippen LogP contribution >= 0.6 is 11.8 Å². The monoisotopic (exact) mass is 639 g/mol. The summed E-state index contributed by atoms with van der Waals surface area (Å²) in [6, 6.07) is 17.5. The summed E-state index contributed by atoms with van der Waals surface area (Å²) in [4.78, 5) is 34.9. The number of carbonyl (C=O) groups excluding carboxylic acids is 2. The van der Waals surface area contributed by atoms with Crippen molar-refractivity contribution < 1.29 is 27.5 Å². The van der Waals surface area contributed by atoms with E-state index in [9.17, 15) is 22.8 Å². The van der Waals surface area contributed by atoms with Gasteiger partial charge in [0.25, 0.3) is 0 Å². The molecule has 1 aromatic heterocycles. The molecule has 4 rings (SSSR count). The number of amidine groups is 1. The maximum absolute atomic E-state index is 12.9. The first-order valence-corrected chi connectivity index (χ1v) is 15.0. The van der Waals surface area contributed by atoms with Gasteiger partial charge in [0.1, 0.15) is 12.1 Å². The minimum absolute atomic E-state index is 0.274. The van der Waals surface area contributed by atoms with Gasteiger partial charge in [-0.3, -0.25) is 9.69 Å². The van der Waals surface area contributed by atoms with Crippen LogP contribution < -0.4 is 20.3 Å². The third-order valence-electron chi connectivity index (χ3n) is 6.26. The minimum Gasteiger partial charge on any atom is -0.406 e. The number of alkyl halides is 3. The van der Waals surface area contributed by atoms with Crippen molar-refractivity contribution >= 4 is 46.4 Å². The first-order chi connectivity index (χ1) is 21.6. The largest absolute Gasteiger partial charge is 0.573 e. The van der Waals surface area contributed by atoms with Gasteiger partial charge in [0.05, 0.1) is 17.9 Å². The van der Waals surface area contributed by atoms with Crippen LogP contribution in [0.3, 0.4) is 0 Å². The van der Waals surface area contributed by atoms with Crippen molar-refractivity contribution in [1.29, 1.82) is 0 Å². The number of benzene rings is 3. The van der Waals surface area contributed by atoms with Gasteiger partial charge in [-0.2, -0.15) is 4.99 Å². The number of anilines is 3. The molecular formula is C31H32F3N7O3S. The highest BCUT2D eigenvalue weighted by Gasteiger charge is 2.31. The second-order valence-corrected chi connectivity index (χ2v) is 10.9. The quantitative estimate of drug-likeness (QED) is 0.100. The van der Waals surface area contributed by atoms with Crippen LogP contribution in [0, 0.1) is 6.92 Å². The minimum atomic E-state index is -4.76. The number of rotatable bonds is 11. The van der Waals surface area contributed by atoms with E-state index in [0.717, 1.165) is 29.7 Å². The number of nitrogens with zero attached hydrogens (tertiary/aromatic N) is 5. The number of aromatic nitrogens is 3. The highest BCUT2D eigenvalue weighted by Crippen LogP contribution is 2.27. The summed E-state index contributed by atoms with van der Waals surface area (Å²) < 4.78 is 42.5. The summed E-state index contributed by atoms with van der Waals surface area (Å²) in [6.45, 7) is 6.21. The number of hydrogen-bond donors (Lipinski definition) is 2. The van der Waals surface area contributed by atoms with Crippen molar-refractivity contribution in [2.75, 3.05) is 21.3 Å². The fraction of sp³-hybridized carbons (Fsp3) is 0.258. The Bertz CT molecular complexity index is 1620. The van der Waals surface area contributed by atoms with E-state index < -0.39 is 12.4 Å². The van der Waals surface area contributed by atoms with Crippen molar-refractivity contribution in [2.24, 2.45) is 4.99 Å². The van der Waals surface area contributed by atoms with Crippen molar-refractivity contribution in [2.45, 2.75) is 46.5 Å². The predicted molar refractivity (Wildman–Crippen MR) is 170 cm³/mol. The third-order valence-corrected chi connectivity index (χ3v) is 7.10. The molecule has 236 valence electrons. The number of ether oxygens (including phenoxy) is 1. The van der Waals surface area contributed by atoms with Crippen LogP contribution in [-0.2, 0) is 17.8 Å². The Morgan fingerprint density at radius 3 is 2.42 bits per heavy atom. The average Bonchev–Trinajstić information content (AvgIpc) is 3.47. The van der Waals surface area contributed by atoms with Gasteiger partial charge in [-0.05, 0) is 84.8 Å². The molecule has 0 saturated carbocycles. The Balaban J connectivity index is 1.37. The molecule has 0 radical (unpaired) electrons. The van der Waals surface area contributed by atoms with Crippen LogP contribution in [0.5, 0.6) is 5.75 Å². The molecule has 0 unspecified atom stereocenters. The highest BCUT2D eigenvalue weighted by molar-refractivity contribution is 8.14. The molecule has 0 bridgehead atoms. The number of hydrogen-bond acceptors (Lipinski definition) is 7. The topological polar surface area (TPSA) is 114 Å². The Labute approximate surface area is 262 Å². The molecule has 3 amide bonds. The van der Waals surface area contributed by atoms with Crippen LogP contribution in [-0.4, -0.2) is 44.5 Å². The normalized spacial score (nSPS) is 11.6. The number of amides is 3. The molecule has 0 aliphatic carbocycles. The van der Waals surface area contributed by atoms with E-state index >= 15 is 0 Å². The summed E-state index contributed by atoms with van der Waals surface area (Å²) in [7, 11) is 0. The molecule has 3 aromatic carbocycles. The van der Waals surface area contributed by atoms with Crippen LogP contribution in [0.25, 0.3) is 5.69 Å². The molecule has 14 heteroatoms. The van der Waals surface area contributed by atoms with Gasteiger partial charge < -0.3 is 15.4 Å². The van der Waals surface area contributed by atoms with E-state index in [1.807, 2.05) is 32.0 Å². The van der Waals surface area contributed by atoms with Gasteiger partial charge in [0, 0.05) is 11.4 Å². The van der Waals surface area contributed by atoms with Gasteiger partial charge >= 0.3 is 12.4 Å². The second-order valence-electron chi connectivity index (χ2n) is 9.69. The Morgan fingerprint density at radius 1 is 1.07 bits per heavy atom. The molecule has 10 nitrogen and oxygen atoms in total. The Morgan fingerprint density at radius 2 is 1.78 bits per heavy atom. The first kappa shape index (κ1) is 33.1. The first-order valence-electron chi connectivity index (χ1n) is 14.1. The number of nitrogens with one attached hydrogen (secondary N) is 2. The van der Waals surface area contributed by atoms with Crippen LogP contribution in [0.2, 0.25) is 0 Å². The van der Waals surface area contributed by atoms with Crippen LogP contribution in [0.15, 0.2) is 78.0 Å². The summed E-state index contributed by atoms with van der Waals surface area (Å²) in [5.74, 6) is 0.738. The van der Waals surface area contributed by atoms with E-state index in [4.69, 9.17) is 0 Å². The fourth-order valence-corrected chi connectivity index (χ4v) is 4.95. The molecular weight excluding hydrogens is 607 g/mol. The predicted octanol–water partition coefficient (Wildman–Crippen LogP) is 7.34. The smallest absolute Gasteiger partial charge is 0.406 e. The zero-order valence-corrected chi connectivity index (χ0v) is 25.7. The third kappa shape index (κ3) is 9.57. The summed E-state index contributed by atoms with van der Waals surface area (Å²) in [5, 5.41) is 10.5. The fourth-order valence-electron chi connectivity index (χ4n) is 4.26. The molecule has 0 saturated heterocycles. The SMILES string of the molecule is CCCc1ccc(C)cc1N(C=O)C(=NC(=O)Nc1ccc(NCc2ncn(-c3ccc(OC(F)(F)F)cc3)n2)cc1)SCC. The standard InChI is InChI=1S/C31H32F3N7O3S/c1-4-6-22-8-7-21(3)17-27(22)40(20-42)30(45-5-2)38-29(43)37-24-11-9-23(10-12-24)35-18-28-36-19-41(39-28)25-13-15-26(16-14-25)44-31(32,33)34/h7-17,19-20,35H,4-6,18H2,1-3H3,(H,37,43). The Hall–Kier alpha value is -4.85. The lowest BCUT2D eigenvalue weighted by Gasteiger charge is -2.22.